The Labute approximate surface area is 143 Å². The quantitative estimate of drug-likeness (QED) is 0.538. The topological polar surface area (TPSA) is 44.8 Å². The number of rotatable bonds is 8. The summed E-state index contributed by atoms with van der Waals surface area (Å²) in [5, 5.41) is 0. The molecule has 0 aliphatic carbocycles. The summed E-state index contributed by atoms with van der Waals surface area (Å²) in [5.41, 5.74) is 1.95. The largest absolute Gasteiger partial charge is 0.494 e. The first-order valence-corrected chi connectivity index (χ1v) is 8.35. The van der Waals surface area contributed by atoms with Gasteiger partial charge in [0.2, 0.25) is 0 Å². The first kappa shape index (κ1) is 17.9. The Kier molecular flexibility index (Phi) is 6.67. The summed E-state index contributed by atoms with van der Waals surface area (Å²) in [6.07, 6.45) is 1.05. The maximum Gasteiger partial charge on any atom is 0.315 e. The van der Waals surface area contributed by atoms with Crippen LogP contribution in [0.1, 0.15) is 31.9 Å². The molecule has 0 atom stereocenters. The molecule has 0 heterocycles. The molecule has 4 heteroatoms. The number of hydrogen-bond acceptors (Lipinski definition) is 4. The van der Waals surface area contributed by atoms with E-state index in [2.05, 4.69) is 6.92 Å². The van der Waals surface area contributed by atoms with E-state index >= 15 is 0 Å². The lowest BCUT2D eigenvalue weighted by Crippen LogP contribution is -2.13. The molecule has 0 saturated carbocycles. The second-order valence-corrected chi connectivity index (χ2v) is 5.26. The van der Waals surface area contributed by atoms with Crippen LogP contribution in [0.25, 0.3) is 0 Å². The van der Waals surface area contributed by atoms with Gasteiger partial charge in [-0.25, -0.2) is 0 Å². The van der Waals surface area contributed by atoms with E-state index in [9.17, 15) is 4.79 Å². The van der Waals surface area contributed by atoms with Crippen molar-refractivity contribution in [2.75, 3.05) is 13.2 Å². The minimum absolute atomic E-state index is 0.150. The maximum atomic E-state index is 12.3. The van der Waals surface area contributed by atoms with Crippen LogP contribution in [0.15, 0.2) is 42.5 Å². The van der Waals surface area contributed by atoms with Crippen LogP contribution < -0.4 is 14.2 Å². The minimum Gasteiger partial charge on any atom is -0.494 e. The Hall–Kier alpha value is -2.49. The van der Waals surface area contributed by atoms with Gasteiger partial charge in [0.15, 0.2) is 11.5 Å². The summed E-state index contributed by atoms with van der Waals surface area (Å²) in [4.78, 5) is 12.3. The van der Waals surface area contributed by atoms with Gasteiger partial charge >= 0.3 is 5.97 Å². The van der Waals surface area contributed by atoms with Crippen molar-refractivity contribution in [1.29, 1.82) is 0 Å². The molecule has 2 rings (SSSR count). The Bertz CT molecular complexity index is 679. The molecule has 0 aromatic heterocycles. The highest BCUT2D eigenvalue weighted by atomic mass is 16.6. The Balaban J connectivity index is 2.12. The standard InChI is InChI=1S/C20H24O4/c1-4-15-11-12-18(19(13-15)23-6-3)24-20(21)14-16-9-7-8-10-17(16)22-5-2/h7-13H,4-6,14H2,1-3H3. The van der Waals surface area contributed by atoms with Gasteiger partial charge in [-0.3, -0.25) is 4.79 Å². The highest BCUT2D eigenvalue weighted by Gasteiger charge is 2.14. The summed E-state index contributed by atoms with van der Waals surface area (Å²) >= 11 is 0. The third kappa shape index (κ3) is 4.75. The molecule has 0 aliphatic rings. The number of esters is 1. The van der Waals surface area contributed by atoms with Crippen LogP contribution in [0, 0.1) is 0 Å². The van der Waals surface area contributed by atoms with E-state index in [1.807, 2.05) is 50.2 Å². The minimum atomic E-state index is -0.340. The predicted octanol–water partition coefficient (Wildman–Crippen LogP) is 4.19. The molecule has 0 spiro atoms. The number of carbonyl (C=O) groups is 1. The second-order valence-electron chi connectivity index (χ2n) is 5.26. The fourth-order valence-corrected chi connectivity index (χ4v) is 2.39. The lowest BCUT2D eigenvalue weighted by molar-refractivity contribution is -0.133. The van der Waals surface area contributed by atoms with Gasteiger partial charge in [-0.05, 0) is 44.0 Å². The van der Waals surface area contributed by atoms with E-state index in [4.69, 9.17) is 14.2 Å². The second kappa shape index (κ2) is 8.96. The van der Waals surface area contributed by atoms with Gasteiger partial charge < -0.3 is 14.2 Å². The van der Waals surface area contributed by atoms with Crippen LogP contribution in [-0.2, 0) is 17.6 Å². The first-order chi connectivity index (χ1) is 11.7. The molecule has 0 N–H and O–H groups in total. The maximum absolute atomic E-state index is 12.3. The molecule has 24 heavy (non-hydrogen) atoms. The molecule has 0 fully saturated rings. The summed E-state index contributed by atoms with van der Waals surface area (Å²) in [6, 6.07) is 13.1. The Morgan fingerprint density at radius 3 is 2.29 bits per heavy atom. The highest BCUT2D eigenvalue weighted by molar-refractivity contribution is 5.76. The molecule has 0 bridgehead atoms. The van der Waals surface area contributed by atoms with E-state index in [0.717, 1.165) is 17.5 Å². The molecule has 4 nitrogen and oxygen atoms in total. The number of para-hydroxylation sites is 1. The van der Waals surface area contributed by atoms with Gasteiger partial charge in [-0.2, -0.15) is 0 Å². The van der Waals surface area contributed by atoms with Crippen molar-refractivity contribution in [2.45, 2.75) is 33.6 Å². The molecule has 2 aromatic rings. The van der Waals surface area contributed by atoms with Crippen molar-refractivity contribution in [1.82, 2.24) is 0 Å². The Morgan fingerprint density at radius 1 is 0.875 bits per heavy atom. The van der Waals surface area contributed by atoms with Crippen molar-refractivity contribution >= 4 is 5.97 Å². The van der Waals surface area contributed by atoms with Gasteiger partial charge in [0.05, 0.1) is 19.6 Å². The lowest BCUT2D eigenvalue weighted by Gasteiger charge is -2.13. The van der Waals surface area contributed by atoms with Crippen molar-refractivity contribution in [2.24, 2.45) is 0 Å². The molecular formula is C20H24O4. The third-order valence-corrected chi connectivity index (χ3v) is 3.55. The van der Waals surface area contributed by atoms with Crippen LogP contribution in [0.2, 0.25) is 0 Å². The molecular weight excluding hydrogens is 304 g/mol. The first-order valence-electron chi connectivity index (χ1n) is 8.35. The number of benzene rings is 2. The van der Waals surface area contributed by atoms with E-state index in [1.165, 1.54) is 0 Å². The lowest BCUT2D eigenvalue weighted by atomic mass is 10.1. The molecule has 0 amide bonds. The summed E-state index contributed by atoms with van der Waals surface area (Å²) in [5.74, 6) is 1.42. The normalized spacial score (nSPS) is 10.3. The van der Waals surface area contributed by atoms with Crippen molar-refractivity contribution < 1.29 is 19.0 Å². The number of aryl methyl sites for hydroxylation is 1. The number of hydrogen-bond donors (Lipinski definition) is 0. The summed E-state index contributed by atoms with van der Waals surface area (Å²) in [6.45, 7) is 6.96. The number of ether oxygens (including phenoxy) is 3. The van der Waals surface area contributed by atoms with Crippen molar-refractivity contribution in [3.05, 3.63) is 53.6 Å². The van der Waals surface area contributed by atoms with Crippen LogP contribution in [0.4, 0.5) is 0 Å². The SMILES string of the molecule is CCOc1ccccc1CC(=O)Oc1ccc(CC)cc1OCC. The molecule has 0 saturated heterocycles. The monoisotopic (exact) mass is 328 g/mol. The smallest absolute Gasteiger partial charge is 0.315 e. The van der Waals surface area contributed by atoms with Gasteiger partial charge in [0, 0.05) is 5.56 Å². The van der Waals surface area contributed by atoms with E-state index in [-0.39, 0.29) is 12.4 Å². The van der Waals surface area contributed by atoms with Gasteiger partial charge in [0.25, 0.3) is 0 Å². The van der Waals surface area contributed by atoms with Crippen molar-refractivity contribution in [3.63, 3.8) is 0 Å². The fourth-order valence-electron chi connectivity index (χ4n) is 2.39. The van der Waals surface area contributed by atoms with E-state index in [1.54, 1.807) is 6.07 Å². The van der Waals surface area contributed by atoms with Gasteiger partial charge in [0.1, 0.15) is 5.75 Å². The van der Waals surface area contributed by atoms with Crippen LogP contribution in [-0.4, -0.2) is 19.2 Å². The van der Waals surface area contributed by atoms with Gasteiger partial charge in [-0.15, -0.1) is 0 Å². The average molecular weight is 328 g/mol. The predicted molar refractivity (Wildman–Crippen MR) is 93.9 cm³/mol. The molecule has 2 aromatic carbocycles. The van der Waals surface area contributed by atoms with E-state index in [0.29, 0.717) is 30.5 Å². The Morgan fingerprint density at radius 2 is 1.58 bits per heavy atom. The zero-order valence-electron chi connectivity index (χ0n) is 14.5. The fraction of sp³-hybridized carbons (Fsp3) is 0.350. The van der Waals surface area contributed by atoms with Crippen LogP contribution >= 0.6 is 0 Å². The zero-order valence-corrected chi connectivity index (χ0v) is 14.5. The molecule has 0 aliphatic heterocycles. The molecule has 0 radical (unpaired) electrons. The summed E-state index contributed by atoms with van der Waals surface area (Å²) in [7, 11) is 0. The average Bonchev–Trinajstić information content (AvgIpc) is 2.58. The van der Waals surface area contributed by atoms with Gasteiger partial charge in [-0.1, -0.05) is 31.2 Å². The van der Waals surface area contributed by atoms with Crippen LogP contribution in [0.5, 0.6) is 17.2 Å². The van der Waals surface area contributed by atoms with Crippen LogP contribution in [0.3, 0.4) is 0 Å². The highest BCUT2D eigenvalue weighted by Crippen LogP contribution is 2.29. The zero-order chi connectivity index (χ0) is 17.4. The molecule has 128 valence electrons. The molecule has 0 unspecified atom stereocenters. The number of carbonyl (C=O) groups excluding carboxylic acids is 1. The third-order valence-electron chi connectivity index (χ3n) is 3.55. The van der Waals surface area contributed by atoms with E-state index < -0.39 is 0 Å². The van der Waals surface area contributed by atoms with Crippen molar-refractivity contribution in [3.8, 4) is 17.2 Å². The summed E-state index contributed by atoms with van der Waals surface area (Å²) < 4.78 is 16.7.